The molecule has 0 amide bonds. The van der Waals surface area contributed by atoms with E-state index in [4.69, 9.17) is 47.6 Å². The first-order valence-corrected chi connectivity index (χ1v) is 23.2. The zero-order chi connectivity index (χ0) is 46.7. The van der Waals surface area contributed by atoms with Gasteiger partial charge in [-0.15, -0.1) is 12.8 Å². The third-order valence-electron chi connectivity index (χ3n) is 9.34. The highest BCUT2D eigenvalue weighted by molar-refractivity contribution is 8.13. The number of para-hydroxylation sites is 2. The number of hydrogen-bond acceptors (Lipinski definition) is 11. The average molecular weight is 927 g/mol. The van der Waals surface area contributed by atoms with Crippen LogP contribution in [0.3, 0.4) is 0 Å². The smallest absolute Gasteiger partial charge is 0.261 e. The van der Waals surface area contributed by atoms with Gasteiger partial charge in [-0.25, -0.2) is 16.8 Å². The standard InChI is InChI=1S/C25H19NO5S.C18H13NO3.C7H7ClO2S/c1-3-14-30-18-10-13-22(26-32(28,29)19-11-8-17(2)9-12-19)21(15-18)25-16-23(27)20-6-4-5-7-24(20)31-25;1-2-9-21-12-7-8-15(19)14(10-12)18-11-16(20)13-5-3-4-6-17(13)22-18;1-6-2-4-7(5-3-6)11(8,9)10/h1,4-13,15-16,26H,14H2,2H3;1,3-8,10-11H,9,19H2;2-5H,1H3. The van der Waals surface area contributed by atoms with E-state index in [-0.39, 0.29) is 45.3 Å². The summed E-state index contributed by atoms with van der Waals surface area (Å²) in [5.41, 5.74) is 10.1. The van der Waals surface area contributed by atoms with Crippen molar-refractivity contribution < 1.29 is 35.1 Å². The lowest BCUT2D eigenvalue weighted by Gasteiger charge is -2.14. The molecule has 0 spiro atoms. The molecule has 3 N–H and O–H groups in total. The minimum Gasteiger partial charge on any atom is -0.481 e. The molecule has 0 saturated carbocycles. The van der Waals surface area contributed by atoms with Gasteiger partial charge in [0.25, 0.3) is 19.1 Å². The summed E-state index contributed by atoms with van der Waals surface area (Å²) in [5.74, 6) is 6.35. The fourth-order valence-corrected chi connectivity index (χ4v) is 7.94. The first-order valence-electron chi connectivity index (χ1n) is 19.4. The number of halogens is 1. The van der Waals surface area contributed by atoms with Crippen molar-refractivity contribution >= 4 is 63.1 Å². The fraction of sp³-hybridized carbons (Fsp3) is 0.0800. The number of benzene rings is 6. The molecule has 0 aliphatic carbocycles. The average Bonchev–Trinajstić information content (AvgIpc) is 3.28. The molecule has 65 heavy (non-hydrogen) atoms. The maximum atomic E-state index is 13.0. The Bertz CT molecular complexity index is 3450. The molecule has 12 nitrogen and oxygen atoms in total. The summed E-state index contributed by atoms with van der Waals surface area (Å²) in [5, 5.41) is 0.960. The molecule has 8 rings (SSSR count). The molecule has 0 fully saturated rings. The molecule has 15 heteroatoms. The summed E-state index contributed by atoms with van der Waals surface area (Å²) < 4.78 is 72.5. The second-order valence-electron chi connectivity index (χ2n) is 14.1. The number of rotatable bonds is 10. The first-order chi connectivity index (χ1) is 31.1. The quantitative estimate of drug-likeness (QED) is 0.0756. The van der Waals surface area contributed by atoms with E-state index < -0.39 is 19.1 Å². The third-order valence-corrected chi connectivity index (χ3v) is 12.1. The fourth-order valence-electron chi connectivity index (χ4n) is 6.09. The number of anilines is 2. The van der Waals surface area contributed by atoms with Crippen molar-refractivity contribution in [3.8, 4) is 58.8 Å². The van der Waals surface area contributed by atoms with E-state index in [1.54, 1.807) is 103 Å². The van der Waals surface area contributed by atoms with E-state index >= 15 is 0 Å². The third kappa shape index (κ3) is 12.0. The van der Waals surface area contributed by atoms with E-state index in [9.17, 15) is 26.4 Å². The van der Waals surface area contributed by atoms with Gasteiger partial charge in [0.15, 0.2) is 10.9 Å². The van der Waals surface area contributed by atoms with Crippen molar-refractivity contribution in [3.05, 3.63) is 177 Å². The number of hydrogen-bond donors (Lipinski definition) is 2. The van der Waals surface area contributed by atoms with Crippen LogP contribution in [0, 0.1) is 38.5 Å². The molecule has 328 valence electrons. The molecule has 0 saturated heterocycles. The SMILES string of the molecule is C#CCOc1ccc(N)c(-c2cc(=O)c3ccccc3o2)c1.C#CCOc1ccc(NS(=O)(=O)c2ccc(C)cc2)c(-c2cc(=O)c3ccccc3o2)c1.Cc1ccc(S(=O)(=O)Cl)cc1. The highest BCUT2D eigenvalue weighted by Crippen LogP contribution is 2.35. The summed E-state index contributed by atoms with van der Waals surface area (Å²) >= 11 is 0. The Balaban J connectivity index is 0.000000182. The summed E-state index contributed by atoms with van der Waals surface area (Å²) in [4.78, 5) is 25.1. The number of nitrogens with two attached hydrogens (primary N) is 1. The van der Waals surface area contributed by atoms with Crippen LogP contribution in [0.4, 0.5) is 11.4 Å². The number of sulfonamides is 1. The summed E-state index contributed by atoms with van der Waals surface area (Å²) in [6, 6.07) is 39.4. The Morgan fingerprint density at radius 3 is 1.54 bits per heavy atom. The number of fused-ring (bicyclic) bond motifs is 2. The molecular weight excluding hydrogens is 888 g/mol. The minimum atomic E-state index is -3.89. The van der Waals surface area contributed by atoms with Crippen LogP contribution in [0.15, 0.2) is 174 Å². The van der Waals surface area contributed by atoms with Gasteiger partial charge < -0.3 is 24.0 Å². The zero-order valence-corrected chi connectivity index (χ0v) is 37.2. The number of ether oxygens (including phenoxy) is 2. The highest BCUT2D eigenvalue weighted by atomic mass is 35.7. The van der Waals surface area contributed by atoms with E-state index in [0.717, 1.165) is 11.1 Å². The number of terminal acetylenes is 2. The maximum absolute atomic E-state index is 13.0. The topological polar surface area (TPSA) is 185 Å². The Labute approximate surface area is 379 Å². The van der Waals surface area contributed by atoms with Crippen LogP contribution in [-0.4, -0.2) is 30.0 Å². The number of nitrogen functional groups attached to an aromatic ring is 1. The van der Waals surface area contributed by atoms with Gasteiger partial charge in [-0.2, -0.15) is 0 Å². The van der Waals surface area contributed by atoms with Gasteiger partial charge in [0.1, 0.15) is 47.4 Å². The van der Waals surface area contributed by atoms with Gasteiger partial charge in [-0.3, -0.25) is 14.3 Å². The lowest BCUT2D eigenvalue weighted by Crippen LogP contribution is -2.14. The second-order valence-corrected chi connectivity index (χ2v) is 18.3. The van der Waals surface area contributed by atoms with Gasteiger partial charge in [0, 0.05) is 39.6 Å². The molecule has 0 bridgehead atoms. The van der Waals surface area contributed by atoms with Crippen LogP contribution in [0.1, 0.15) is 11.1 Å². The van der Waals surface area contributed by atoms with Crippen molar-refractivity contribution in [3.63, 3.8) is 0 Å². The second kappa shape index (κ2) is 20.6. The van der Waals surface area contributed by atoms with Gasteiger partial charge in [0.2, 0.25) is 0 Å². The Kier molecular flexibility index (Phi) is 14.8. The lowest BCUT2D eigenvalue weighted by molar-refractivity contribution is 0.370. The zero-order valence-electron chi connectivity index (χ0n) is 34.8. The van der Waals surface area contributed by atoms with Crippen LogP contribution in [0.25, 0.3) is 44.6 Å². The number of aryl methyl sites for hydroxylation is 2. The summed E-state index contributed by atoms with van der Waals surface area (Å²) in [7, 11) is -2.35. The maximum Gasteiger partial charge on any atom is 0.261 e. The summed E-state index contributed by atoms with van der Waals surface area (Å²) in [6.07, 6.45) is 10.4. The molecule has 0 aliphatic rings. The molecule has 2 heterocycles. The molecule has 0 atom stereocenters. The van der Waals surface area contributed by atoms with Crippen molar-refractivity contribution in [1.29, 1.82) is 0 Å². The molecule has 8 aromatic rings. The van der Waals surface area contributed by atoms with Crippen LogP contribution in [0.2, 0.25) is 0 Å². The van der Waals surface area contributed by atoms with Crippen LogP contribution in [-0.2, 0) is 19.1 Å². The Morgan fingerprint density at radius 2 is 1.05 bits per heavy atom. The van der Waals surface area contributed by atoms with Crippen molar-refractivity contribution in [2.75, 3.05) is 23.7 Å². The predicted molar refractivity (Wildman–Crippen MR) is 255 cm³/mol. The Hall–Kier alpha value is -7.75. The molecule has 0 unspecified atom stereocenters. The molecule has 0 radical (unpaired) electrons. The van der Waals surface area contributed by atoms with E-state index in [0.29, 0.717) is 56.0 Å². The van der Waals surface area contributed by atoms with Gasteiger partial charge >= 0.3 is 0 Å². The largest absolute Gasteiger partial charge is 0.481 e. The monoisotopic (exact) mass is 926 g/mol. The highest BCUT2D eigenvalue weighted by Gasteiger charge is 2.20. The normalized spacial score (nSPS) is 10.9. The van der Waals surface area contributed by atoms with Gasteiger partial charge in [0.05, 0.1) is 26.3 Å². The molecule has 6 aromatic carbocycles. The predicted octanol–water partition coefficient (Wildman–Crippen LogP) is 9.56. The van der Waals surface area contributed by atoms with E-state index in [2.05, 4.69) is 16.6 Å². The minimum absolute atomic E-state index is 0.0373. The number of nitrogens with one attached hydrogen (secondary N) is 1. The van der Waals surface area contributed by atoms with Gasteiger partial charge in [-0.05, 0) is 98.8 Å². The van der Waals surface area contributed by atoms with Crippen molar-refractivity contribution in [2.24, 2.45) is 0 Å². The first kappa shape index (κ1) is 46.7. The molecular formula is C50H39ClN2O10S2. The molecule has 0 aliphatic heterocycles. The van der Waals surface area contributed by atoms with Crippen LogP contribution < -0.4 is 30.8 Å². The molecule has 2 aromatic heterocycles. The summed E-state index contributed by atoms with van der Waals surface area (Å²) in [6.45, 7) is 3.95. The lowest BCUT2D eigenvalue weighted by atomic mass is 10.1. The van der Waals surface area contributed by atoms with Crippen molar-refractivity contribution in [2.45, 2.75) is 23.6 Å². The van der Waals surface area contributed by atoms with E-state index in [1.165, 1.54) is 36.4 Å². The van der Waals surface area contributed by atoms with Crippen LogP contribution in [0.5, 0.6) is 11.5 Å². The Morgan fingerprint density at radius 1 is 0.600 bits per heavy atom. The van der Waals surface area contributed by atoms with E-state index in [1.807, 2.05) is 19.9 Å². The van der Waals surface area contributed by atoms with Gasteiger partial charge in [-0.1, -0.05) is 71.5 Å². The van der Waals surface area contributed by atoms with Crippen molar-refractivity contribution in [1.82, 2.24) is 0 Å². The van der Waals surface area contributed by atoms with Crippen LogP contribution >= 0.6 is 10.7 Å².